The molecule has 0 aliphatic rings. The van der Waals surface area contributed by atoms with Crippen LogP contribution in [0.4, 0.5) is 0 Å². The molecule has 0 aliphatic carbocycles. The Morgan fingerprint density at radius 1 is 1.00 bits per heavy atom. The second kappa shape index (κ2) is 5.85. The number of hydrogen-bond donors (Lipinski definition) is 1. The Kier molecular flexibility index (Phi) is 4.18. The fraction of sp³-hybridized carbons (Fsp3) is 0.200. The minimum atomic E-state index is 0.254. The maximum atomic E-state index is 6.16. The van der Waals surface area contributed by atoms with Crippen molar-refractivity contribution >= 4 is 11.6 Å². The third-order valence-electron chi connectivity index (χ3n) is 2.83. The molecule has 0 fully saturated rings. The number of nitrogens with one attached hydrogen (secondary N) is 1. The van der Waals surface area contributed by atoms with E-state index in [2.05, 4.69) is 42.6 Å². The van der Waals surface area contributed by atoms with Crippen molar-refractivity contribution in [3.8, 4) is 0 Å². The second-order valence-electron chi connectivity index (χ2n) is 4.11. The summed E-state index contributed by atoms with van der Waals surface area (Å²) in [6.07, 6.45) is 0. The summed E-state index contributed by atoms with van der Waals surface area (Å²) < 4.78 is 0. The third-order valence-corrected chi connectivity index (χ3v) is 3.17. The molecule has 1 nitrogen and oxygen atoms in total. The molecular weight excluding hydrogens is 230 g/mol. The van der Waals surface area contributed by atoms with Gasteiger partial charge in [-0.25, -0.2) is 0 Å². The first-order valence-electron chi connectivity index (χ1n) is 5.79. The van der Waals surface area contributed by atoms with Gasteiger partial charge in [-0.2, -0.15) is 0 Å². The average Bonchev–Trinajstić information content (AvgIpc) is 2.38. The SMILES string of the molecule is CC(NCc1ccccc1)c1ccccc1Cl. The van der Waals surface area contributed by atoms with Crippen LogP contribution in [0.25, 0.3) is 0 Å². The summed E-state index contributed by atoms with van der Waals surface area (Å²) in [5.41, 5.74) is 2.43. The van der Waals surface area contributed by atoms with Crippen molar-refractivity contribution in [2.45, 2.75) is 19.5 Å². The number of hydrogen-bond acceptors (Lipinski definition) is 1. The highest BCUT2D eigenvalue weighted by Crippen LogP contribution is 2.22. The highest BCUT2D eigenvalue weighted by atomic mass is 35.5. The van der Waals surface area contributed by atoms with Gasteiger partial charge in [0, 0.05) is 17.6 Å². The van der Waals surface area contributed by atoms with E-state index in [1.807, 2.05) is 24.3 Å². The van der Waals surface area contributed by atoms with Gasteiger partial charge in [0.25, 0.3) is 0 Å². The zero-order valence-corrected chi connectivity index (χ0v) is 10.6. The van der Waals surface area contributed by atoms with E-state index in [0.29, 0.717) is 0 Å². The van der Waals surface area contributed by atoms with Gasteiger partial charge >= 0.3 is 0 Å². The fourth-order valence-electron chi connectivity index (χ4n) is 1.80. The molecule has 2 rings (SSSR count). The first kappa shape index (κ1) is 12.2. The molecule has 0 radical (unpaired) electrons. The van der Waals surface area contributed by atoms with E-state index >= 15 is 0 Å². The fourth-order valence-corrected chi connectivity index (χ4v) is 2.10. The van der Waals surface area contributed by atoms with Gasteiger partial charge in [-0.1, -0.05) is 60.1 Å². The second-order valence-corrected chi connectivity index (χ2v) is 4.52. The lowest BCUT2D eigenvalue weighted by atomic mass is 10.1. The van der Waals surface area contributed by atoms with Gasteiger partial charge in [-0.3, -0.25) is 0 Å². The van der Waals surface area contributed by atoms with Crippen LogP contribution in [0.2, 0.25) is 5.02 Å². The van der Waals surface area contributed by atoms with Crippen LogP contribution < -0.4 is 5.32 Å². The van der Waals surface area contributed by atoms with E-state index in [-0.39, 0.29) is 6.04 Å². The van der Waals surface area contributed by atoms with Crippen LogP contribution in [0.15, 0.2) is 54.6 Å². The maximum Gasteiger partial charge on any atom is 0.0453 e. The molecule has 2 aromatic carbocycles. The van der Waals surface area contributed by atoms with Crippen molar-refractivity contribution in [2.24, 2.45) is 0 Å². The Balaban J connectivity index is 1.99. The van der Waals surface area contributed by atoms with Crippen LogP contribution >= 0.6 is 11.6 Å². The molecule has 0 amide bonds. The normalized spacial score (nSPS) is 12.4. The highest BCUT2D eigenvalue weighted by Gasteiger charge is 2.07. The summed E-state index contributed by atoms with van der Waals surface area (Å²) in [5.74, 6) is 0. The lowest BCUT2D eigenvalue weighted by Gasteiger charge is -2.15. The van der Waals surface area contributed by atoms with Crippen molar-refractivity contribution in [1.29, 1.82) is 0 Å². The van der Waals surface area contributed by atoms with Crippen LogP contribution in [0, 0.1) is 0 Å². The van der Waals surface area contributed by atoms with Crippen LogP contribution in [-0.2, 0) is 6.54 Å². The molecule has 0 saturated carbocycles. The molecule has 0 heterocycles. The molecule has 1 N–H and O–H groups in total. The van der Waals surface area contributed by atoms with E-state index in [1.54, 1.807) is 0 Å². The molecule has 1 unspecified atom stereocenters. The zero-order valence-electron chi connectivity index (χ0n) is 9.86. The Bertz CT molecular complexity index is 467. The van der Waals surface area contributed by atoms with Gasteiger partial charge in [0.15, 0.2) is 0 Å². The summed E-state index contributed by atoms with van der Waals surface area (Å²) >= 11 is 6.16. The number of halogens is 1. The molecule has 0 saturated heterocycles. The summed E-state index contributed by atoms with van der Waals surface area (Å²) in [4.78, 5) is 0. The van der Waals surface area contributed by atoms with Gasteiger partial charge < -0.3 is 5.32 Å². The predicted octanol–water partition coefficient (Wildman–Crippen LogP) is 4.19. The van der Waals surface area contributed by atoms with E-state index in [4.69, 9.17) is 11.6 Å². The summed E-state index contributed by atoms with van der Waals surface area (Å²) in [5, 5.41) is 4.29. The monoisotopic (exact) mass is 245 g/mol. The van der Waals surface area contributed by atoms with Crippen molar-refractivity contribution in [2.75, 3.05) is 0 Å². The molecule has 0 aromatic heterocycles. The van der Waals surface area contributed by atoms with Crippen molar-refractivity contribution < 1.29 is 0 Å². The van der Waals surface area contributed by atoms with E-state index in [1.165, 1.54) is 5.56 Å². The van der Waals surface area contributed by atoms with Crippen LogP contribution in [-0.4, -0.2) is 0 Å². The molecule has 1 atom stereocenters. The quantitative estimate of drug-likeness (QED) is 0.852. The van der Waals surface area contributed by atoms with Crippen molar-refractivity contribution in [1.82, 2.24) is 5.32 Å². The smallest absolute Gasteiger partial charge is 0.0453 e. The highest BCUT2D eigenvalue weighted by molar-refractivity contribution is 6.31. The Hall–Kier alpha value is -1.31. The first-order chi connectivity index (χ1) is 8.27. The summed E-state index contributed by atoms with van der Waals surface area (Å²) in [7, 11) is 0. The predicted molar refractivity (Wildman–Crippen MR) is 73.1 cm³/mol. The van der Waals surface area contributed by atoms with E-state index < -0.39 is 0 Å². The molecule has 0 spiro atoms. The molecule has 2 aromatic rings. The first-order valence-corrected chi connectivity index (χ1v) is 6.17. The Morgan fingerprint density at radius 2 is 1.65 bits per heavy atom. The maximum absolute atomic E-state index is 6.16. The number of benzene rings is 2. The Labute approximate surface area is 107 Å². The Morgan fingerprint density at radius 3 is 2.35 bits per heavy atom. The van der Waals surface area contributed by atoms with Crippen molar-refractivity contribution in [3.05, 3.63) is 70.7 Å². The topological polar surface area (TPSA) is 12.0 Å². The van der Waals surface area contributed by atoms with E-state index in [0.717, 1.165) is 17.1 Å². The average molecular weight is 246 g/mol. The molecule has 17 heavy (non-hydrogen) atoms. The van der Waals surface area contributed by atoms with Crippen LogP contribution in [0.5, 0.6) is 0 Å². The third kappa shape index (κ3) is 3.32. The van der Waals surface area contributed by atoms with Gasteiger partial charge in [0.05, 0.1) is 0 Å². The molecule has 0 aliphatic heterocycles. The van der Waals surface area contributed by atoms with Gasteiger partial charge in [-0.15, -0.1) is 0 Å². The van der Waals surface area contributed by atoms with Crippen LogP contribution in [0.3, 0.4) is 0 Å². The summed E-state index contributed by atoms with van der Waals surface area (Å²) in [6.45, 7) is 2.98. The van der Waals surface area contributed by atoms with Gasteiger partial charge in [0.2, 0.25) is 0 Å². The molecule has 2 heteroatoms. The zero-order chi connectivity index (χ0) is 12.1. The minimum Gasteiger partial charge on any atom is -0.306 e. The largest absolute Gasteiger partial charge is 0.306 e. The standard InChI is InChI=1S/C15H16ClN/c1-12(14-9-5-6-10-15(14)16)17-11-13-7-3-2-4-8-13/h2-10,12,17H,11H2,1H3. The lowest BCUT2D eigenvalue weighted by Crippen LogP contribution is -2.18. The molecular formula is C15H16ClN. The van der Waals surface area contributed by atoms with Gasteiger partial charge in [-0.05, 0) is 24.1 Å². The summed E-state index contributed by atoms with van der Waals surface area (Å²) in [6, 6.07) is 18.6. The minimum absolute atomic E-state index is 0.254. The van der Waals surface area contributed by atoms with Crippen molar-refractivity contribution in [3.63, 3.8) is 0 Å². The van der Waals surface area contributed by atoms with E-state index in [9.17, 15) is 0 Å². The molecule has 88 valence electrons. The number of rotatable bonds is 4. The lowest BCUT2D eigenvalue weighted by molar-refractivity contribution is 0.575. The van der Waals surface area contributed by atoms with Crippen LogP contribution in [0.1, 0.15) is 24.1 Å². The molecule has 0 bridgehead atoms. The van der Waals surface area contributed by atoms with Gasteiger partial charge in [0.1, 0.15) is 0 Å².